The molecule has 0 radical (unpaired) electrons. The number of piperazine rings is 1. The van der Waals surface area contributed by atoms with Crippen molar-refractivity contribution < 1.29 is 14.3 Å². The van der Waals surface area contributed by atoms with E-state index in [0.717, 1.165) is 32.7 Å². The maximum atomic E-state index is 12.5. The van der Waals surface area contributed by atoms with Gasteiger partial charge in [0.2, 0.25) is 6.79 Å². The van der Waals surface area contributed by atoms with Crippen LogP contribution in [-0.4, -0.2) is 55.2 Å². The number of hydrogen-bond donors (Lipinski definition) is 0. The van der Waals surface area contributed by atoms with Crippen molar-refractivity contribution in [3.8, 4) is 11.5 Å². The van der Waals surface area contributed by atoms with E-state index in [1.165, 1.54) is 0 Å². The number of benzene rings is 1. The molecule has 1 aromatic rings. The third-order valence-corrected chi connectivity index (χ3v) is 3.90. The van der Waals surface area contributed by atoms with Crippen LogP contribution >= 0.6 is 0 Å². The summed E-state index contributed by atoms with van der Waals surface area (Å²) in [5, 5.41) is 0. The van der Waals surface area contributed by atoms with E-state index in [1.807, 2.05) is 17.0 Å². The van der Waals surface area contributed by atoms with E-state index in [4.69, 9.17) is 9.47 Å². The average Bonchev–Trinajstić information content (AvgIpc) is 2.94. The molecule has 0 saturated carbocycles. The van der Waals surface area contributed by atoms with Crippen LogP contribution in [-0.2, 0) is 0 Å². The highest BCUT2D eigenvalue weighted by Crippen LogP contribution is 2.32. The van der Waals surface area contributed by atoms with Gasteiger partial charge in [0.15, 0.2) is 11.5 Å². The molecule has 0 aromatic heterocycles. The Labute approximate surface area is 125 Å². The van der Waals surface area contributed by atoms with Gasteiger partial charge in [0, 0.05) is 38.3 Å². The molecule has 0 aliphatic carbocycles. The maximum Gasteiger partial charge on any atom is 0.254 e. The summed E-state index contributed by atoms with van der Waals surface area (Å²) in [6, 6.07) is 5.41. The second-order valence-corrected chi connectivity index (χ2v) is 6.05. The first kappa shape index (κ1) is 14.2. The van der Waals surface area contributed by atoms with Crippen molar-refractivity contribution in [3.63, 3.8) is 0 Å². The minimum Gasteiger partial charge on any atom is -0.454 e. The molecular weight excluding hydrogens is 268 g/mol. The lowest BCUT2D eigenvalue weighted by Crippen LogP contribution is -2.49. The molecule has 0 atom stereocenters. The zero-order valence-corrected chi connectivity index (χ0v) is 12.7. The van der Waals surface area contributed by atoms with Crippen LogP contribution < -0.4 is 9.47 Å². The van der Waals surface area contributed by atoms with Gasteiger partial charge in [0.1, 0.15) is 0 Å². The van der Waals surface area contributed by atoms with E-state index in [0.29, 0.717) is 23.0 Å². The summed E-state index contributed by atoms with van der Waals surface area (Å²) in [6.07, 6.45) is 0. The topological polar surface area (TPSA) is 42.0 Å². The molecule has 2 aliphatic rings. The molecule has 2 aliphatic heterocycles. The molecule has 0 bridgehead atoms. The first-order valence-corrected chi connectivity index (χ1v) is 7.55. The van der Waals surface area contributed by atoms with Crippen LogP contribution in [0.3, 0.4) is 0 Å². The number of hydrogen-bond acceptors (Lipinski definition) is 4. The molecule has 0 unspecified atom stereocenters. The SMILES string of the molecule is CC(C)CN1CCN(C(=O)c2ccc3c(c2)OCO3)CC1. The Hall–Kier alpha value is -1.75. The van der Waals surface area contributed by atoms with Gasteiger partial charge in [-0.25, -0.2) is 0 Å². The number of carbonyl (C=O) groups is 1. The number of rotatable bonds is 3. The van der Waals surface area contributed by atoms with Crippen LogP contribution in [0.4, 0.5) is 0 Å². The van der Waals surface area contributed by atoms with Gasteiger partial charge in [-0.15, -0.1) is 0 Å². The van der Waals surface area contributed by atoms with Gasteiger partial charge in [0.05, 0.1) is 0 Å². The van der Waals surface area contributed by atoms with Crippen molar-refractivity contribution in [1.82, 2.24) is 9.80 Å². The fourth-order valence-corrected chi connectivity index (χ4v) is 2.86. The summed E-state index contributed by atoms with van der Waals surface area (Å²) in [5.41, 5.74) is 0.677. The first-order chi connectivity index (χ1) is 10.1. The summed E-state index contributed by atoms with van der Waals surface area (Å²) < 4.78 is 10.6. The Morgan fingerprint density at radius 2 is 1.86 bits per heavy atom. The van der Waals surface area contributed by atoms with Crippen molar-refractivity contribution in [3.05, 3.63) is 23.8 Å². The monoisotopic (exact) mass is 290 g/mol. The van der Waals surface area contributed by atoms with Crippen LogP contribution in [0.25, 0.3) is 0 Å². The van der Waals surface area contributed by atoms with Crippen LogP contribution in [0, 0.1) is 5.92 Å². The lowest BCUT2D eigenvalue weighted by Gasteiger charge is -2.35. The van der Waals surface area contributed by atoms with Gasteiger partial charge in [0.25, 0.3) is 5.91 Å². The summed E-state index contributed by atoms with van der Waals surface area (Å²) in [7, 11) is 0. The zero-order valence-electron chi connectivity index (χ0n) is 12.7. The summed E-state index contributed by atoms with van der Waals surface area (Å²) >= 11 is 0. The molecule has 5 heteroatoms. The molecule has 1 aromatic carbocycles. The van der Waals surface area contributed by atoms with E-state index in [9.17, 15) is 4.79 Å². The lowest BCUT2D eigenvalue weighted by molar-refractivity contribution is 0.0623. The van der Waals surface area contributed by atoms with E-state index in [-0.39, 0.29) is 12.7 Å². The molecule has 3 rings (SSSR count). The van der Waals surface area contributed by atoms with Crippen LogP contribution in [0.1, 0.15) is 24.2 Å². The molecule has 1 saturated heterocycles. The third-order valence-electron chi connectivity index (χ3n) is 3.90. The smallest absolute Gasteiger partial charge is 0.254 e. The molecule has 1 fully saturated rings. The Balaban J connectivity index is 1.61. The van der Waals surface area contributed by atoms with Crippen molar-refractivity contribution in [2.24, 2.45) is 5.92 Å². The summed E-state index contributed by atoms with van der Waals surface area (Å²) in [6.45, 7) is 9.28. The van der Waals surface area contributed by atoms with E-state index >= 15 is 0 Å². The van der Waals surface area contributed by atoms with E-state index in [1.54, 1.807) is 6.07 Å². The summed E-state index contributed by atoms with van der Waals surface area (Å²) in [5.74, 6) is 2.13. The molecule has 114 valence electrons. The quantitative estimate of drug-likeness (QED) is 0.852. The molecule has 5 nitrogen and oxygen atoms in total. The van der Waals surface area contributed by atoms with Crippen molar-refractivity contribution in [1.29, 1.82) is 0 Å². The number of nitrogens with zero attached hydrogens (tertiary/aromatic N) is 2. The van der Waals surface area contributed by atoms with Gasteiger partial charge in [-0.2, -0.15) is 0 Å². The predicted molar refractivity (Wildman–Crippen MR) is 79.7 cm³/mol. The standard InChI is InChI=1S/C16H22N2O3/c1-12(2)10-17-5-7-18(8-6-17)16(19)13-3-4-14-15(9-13)21-11-20-14/h3-4,9,12H,5-8,10-11H2,1-2H3. The normalized spacial score (nSPS) is 18.3. The Bertz CT molecular complexity index is 522. The van der Waals surface area contributed by atoms with Crippen molar-refractivity contribution in [2.45, 2.75) is 13.8 Å². The second kappa shape index (κ2) is 5.93. The minimum absolute atomic E-state index is 0.0810. The van der Waals surface area contributed by atoms with Crippen LogP contribution in [0.2, 0.25) is 0 Å². The highest BCUT2D eigenvalue weighted by Gasteiger charge is 2.24. The van der Waals surface area contributed by atoms with Gasteiger partial charge in [-0.05, 0) is 24.1 Å². The average molecular weight is 290 g/mol. The van der Waals surface area contributed by atoms with Gasteiger partial charge in [-0.3, -0.25) is 9.69 Å². The van der Waals surface area contributed by atoms with Gasteiger partial charge >= 0.3 is 0 Å². The van der Waals surface area contributed by atoms with Crippen molar-refractivity contribution in [2.75, 3.05) is 39.5 Å². The first-order valence-electron chi connectivity index (χ1n) is 7.55. The van der Waals surface area contributed by atoms with Gasteiger partial charge in [-0.1, -0.05) is 13.8 Å². The minimum atomic E-state index is 0.0810. The van der Waals surface area contributed by atoms with Crippen LogP contribution in [0.5, 0.6) is 11.5 Å². The molecule has 1 amide bonds. The molecule has 0 spiro atoms. The lowest BCUT2D eigenvalue weighted by atomic mass is 10.1. The zero-order chi connectivity index (χ0) is 14.8. The fourth-order valence-electron chi connectivity index (χ4n) is 2.86. The number of amides is 1. The fraction of sp³-hybridized carbons (Fsp3) is 0.562. The number of carbonyl (C=O) groups excluding carboxylic acids is 1. The van der Waals surface area contributed by atoms with Gasteiger partial charge < -0.3 is 14.4 Å². The maximum absolute atomic E-state index is 12.5. The Kier molecular flexibility index (Phi) is 4.01. The second-order valence-electron chi connectivity index (χ2n) is 6.05. The van der Waals surface area contributed by atoms with Crippen molar-refractivity contribution >= 4 is 5.91 Å². The molecule has 2 heterocycles. The summed E-state index contributed by atoms with van der Waals surface area (Å²) in [4.78, 5) is 16.9. The number of fused-ring (bicyclic) bond motifs is 1. The highest BCUT2D eigenvalue weighted by molar-refractivity contribution is 5.95. The third kappa shape index (κ3) is 3.13. The van der Waals surface area contributed by atoms with Crippen LogP contribution in [0.15, 0.2) is 18.2 Å². The molecular formula is C16H22N2O3. The largest absolute Gasteiger partial charge is 0.454 e. The molecule has 0 N–H and O–H groups in total. The van der Waals surface area contributed by atoms with E-state index < -0.39 is 0 Å². The number of ether oxygens (including phenoxy) is 2. The Morgan fingerprint density at radius 1 is 1.14 bits per heavy atom. The predicted octanol–water partition coefficient (Wildman–Crippen LogP) is 1.83. The molecule has 21 heavy (non-hydrogen) atoms. The Morgan fingerprint density at radius 3 is 2.57 bits per heavy atom. The highest BCUT2D eigenvalue weighted by atomic mass is 16.7. The van der Waals surface area contributed by atoms with E-state index in [2.05, 4.69) is 18.7 Å².